The van der Waals surface area contributed by atoms with E-state index in [9.17, 15) is 15.0 Å². The number of carbonyl (C=O) groups excluding carboxylic acids is 1. The Balaban J connectivity index is 3.57. The van der Waals surface area contributed by atoms with Gasteiger partial charge in [0, 0.05) is 6.42 Å². The third kappa shape index (κ3) is 30.6. The molecule has 0 bridgehead atoms. The van der Waals surface area contributed by atoms with Gasteiger partial charge in [-0.2, -0.15) is 0 Å². The van der Waals surface area contributed by atoms with E-state index in [1.54, 1.807) is 0 Å². The Bertz CT molecular complexity index is 565. The highest BCUT2D eigenvalue weighted by Gasteiger charge is 2.19. The molecule has 0 rings (SSSR count). The predicted octanol–water partition coefficient (Wildman–Crippen LogP) is 11.1. The van der Waals surface area contributed by atoms with Gasteiger partial charge in [-0.05, 0) is 25.7 Å². The zero-order valence-electron chi connectivity index (χ0n) is 28.5. The number of rotatable bonds is 34. The first-order valence-electron chi connectivity index (χ1n) is 18.9. The fourth-order valence-corrected chi connectivity index (χ4v) is 5.82. The number of unbranched alkanes of at least 4 members (excludes halogenated alkanes) is 26. The van der Waals surface area contributed by atoms with Crippen LogP contribution in [0.5, 0.6) is 0 Å². The van der Waals surface area contributed by atoms with Gasteiger partial charge in [0.25, 0.3) is 0 Å². The Morgan fingerprint density at radius 3 is 1.29 bits per heavy atom. The molecule has 0 unspecified atom stereocenters. The second kappa shape index (κ2) is 34.6. The average molecular weight is 594 g/mol. The molecule has 250 valence electrons. The number of carbonyl (C=O) groups is 1. The molecular formula is C38H75NO3. The highest BCUT2D eigenvalue weighted by Crippen LogP contribution is 2.15. The molecule has 0 radical (unpaired) electrons. The lowest BCUT2D eigenvalue weighted by Crippen LogP contribution is -2.45. The van der Waals surface area contributed by atoms with Crippen LogP contribution >= 0.6 is 0 Å². The molecule has 4 heteroatoms. The van der Waals surface area contributed by atoms with Crippen molar-refractivity contribution in [2.75, 3.05) is 6.61 Å². The van der Waals surface area contributed by atoms with E-state index in [1.165, 1.54) is 161 Å². The number of aliphatic hydroxyl groups excluding tert-OH is 2. The zero-order chi connectivity index (χ0) is 30.8. The SMILES string of the molecule is CCCCCCCCCCCCC=CC[C@@H](O)[C@H](CO)NC(=O)CCCCCCCCCCCCCCCCCCC. The lowest BCUT2D eigenvalue weighted by Gasteiger charge is -2.21. The van der Waals surface area contributed by atoms with Crippen molar-refractivity contribution in [3.05, 3.63) is 12.2 Å². The molecule has 0 fully saturated rings. The van der Waals surface area contributed by atoms with Gasteiger partial charge in [0.05, 0.1) is 18.8 Å². The Morgan fingerprint density at radius 2 is 0.905 bits per heavy atom. The summed E-state index contributed by atoms with van der Waals surface area (Å²) in [5.74, 6) is -0.0524. The van der Waals surface area contributed by atoms with Gasteiger partial charge >= 0.3 is 0 Å². The van der Waals surface area contributed by atoms with Crippen LogP contribution in [0.25, 0.3) is 0 Å². The van der Waals surface area contributed by atoms with Gasteiger partial charge in [-0.25, -0.2) is 0 Å². The molecule has 0 heterocycles. The highest BCUT2D eigenvalue weighted by atomic mass is 16.3. The molecule has 0 saturated carbocycles. The quantitative estimate of drug-likeness (QED) is 0.0513. The average Bonchev–Trinajstić information content (AvgIpc) is 2.99. The minimum absolute atomic E-state index is 0.0524. The van der Waals surface area contributed by atoms with Crippen LogP contribution in [0.15, 0.2) is 12.2 Å². The second-order valence-corrected chi connectivity index (χ2v) is 13.0. The number of amides is 1. The molecule has 0 aromatic rings. The third-order valence-electron chi connectivity index (χ3n) is 8.78. The Kier molecular flexibility index (Phi) is 33.9. The van der Waals surface area contributed by atoms with Crippen molar-refractivity contribution >= 4 is 5.91 Å². The van der Waals surface area contributed by atoms with Crippen molar-refractivity contribution in [3.63, 3.8) is 0 Å². The molecular weight excluding hydrogens is 518 g/mol. The molecule has 0 aromatic carbocycles. The van der Waals surface area contributed by atoms with E-state index in [4.69, 9.17) is 0 Å². The summed E-state index contributed by atoms with van der Waals surface area (Å²) in [4.78, 5) is 12.3. The van der Waals surface area contributed by atoms with Crippen molar-refractivity contribution in [3.8, 4) is 0 Å². The summed E-state index contributed by atoms with van der Waals surface area (Å²) in [6, 6.07) is -0.578. The molecule has 0 spiro atoms. The standard InChI is InChI=1S/C38H75NO3/c1-3-5-7-9-11-13-15-17-18-19-20-22-24-26-28-30-32-34-38(42)39-36(35-40)37(41)33-31-29-27-25-23-21-16-14-12-10-8-6-4-2/h29,31,36-37,40-41H,3-28,30,32-35H2,1-2H3,(H,39,42)/t36-,37+/m0/s1. The highest BCUT2D eigenvalue weighted by molar-refractivity contribution is 5.76. The summed E-state index contributed by atoms with van der Waals surface area (Å²) in [5.41, 5.74) is 0. The van der Waals surface area contributed by atoms with E-state index in [-0.39, 0.29) is 12.5 Å². The monoisotopic (exact) mass is 594 g/mol. The smallest absolute Gasteiger partial charge is 0.220 e. The van der Waals surface area contributed by atoms with Gasteiger partial charge in [-0.15, -0.1) is 0 Å². The summed E-state index contributed by atoms with van der Waals surface area (Å²) >= 11 is 0. The lowest BCUT2D eigenvalue weighted by molar-refractivity contribution is -0.123. The topological polar surface area (TPSA) is 69.6 Å². The minimum Gasteiger partial charge on any atom is -0.394 e. The lowest BCUT2D eigenvalue weighted by atomic mass is 10.0. The van der Waals surface area contributed by atoms with Crippen LogP contribution < -0.4 is 5.32 Å². The predicted molar refractivity (Wildman–Crippen MR) is 184 cm³/mol. The van der Waals surface area contributed by atoms with E-state index in [0.717, 1.165) is 19.3 Å². The van der Waals surface area contributed by atoms with Crippen molar-refractivity contribution in [1.29, 1.82) is 0 Å². The first kappa shape index (κ1) is 41.1. The molecule has 2 atom stereocenters. The van der Waals surface area contributed by atoms with Gasteiger partial charge in [0.1, 0.15) is 0 Å². The van der Waals surface area contributed by atoms with Crippen LogP contribution in [0.3, 0.4) is 0 Å². The van der Waals surface area contributed by atoms with Crippen LogP contribution in [0, 0.1) is 0 Å². The van der Waals surface area contributed by atoms with Crippen LogP contribution in [-0.2, 0) is 4.79 Å². The van der Waals surface area contributed by atoms with E-state index in [0.29, 0.717) is 12.8 Å². The third-order valence-corrected chi connectivity index (χ3v) is 8.78. The maximum atomic E-state index is 12.3. The molecule has 4 nitrogen and oxygen atoms in total. The van der Waals surface area contributed by atoms with Crippen molar-refractivity contribution in [2.45, 2.75) is 219 Å². The fraction of sp³-hybridized carbons (Fsp3) is 0.921. The number of hydrogen-bond donors (Lipinski definition) is 3. The summed E-state index contributed by atoms with van der Waals surface area (Å²) < 4.78 is 0. The van der Waals surface area contributed by atoms with Crippen LogP contribution in [0.1, 0.15) is 206 Å². The molecule has 0 aliphatic carbocycles. The number of hydrogen-bond acceptors (Lipinski definition) is 3. The van der Waals surface area contributed by atoms with Crippen LogP contribution in [0.4, 0.5) is 0 Å². The van der Waals surface area contributed by atoms with E-state index in [2.05, 4.69) is 25.2 Å². The van der Waals surface area contributed by atoms with Crippen molar-refractivity contribution < 1.29 is 15.0 Å². The van der Waals surface area contributed by atoms with Crippen LogP contribution in [-0.4, -0.2) is 34.9 Å². The summed E-state index contributed by atoms with van der Waals surface area (Å²) in [7, 11) is 0. The molecule has 1 amide bonds. The van der Waals surface area contributed by atoms with Gasteiger partial charge in [-0.3, -0.25) is 4.79 Å². The number of nitrogens with one attached hydrogen (secondary N) is 1. The van der Waals surface area contributed by atoms with Crippen LogP contribution in [0.2, 0.25) is 0 Å². The van der Waals surface area contributed by atoms with Gasteiger partial charge in [0.2, 0.25) is 5.91 Å². The van der Waals surface area contributed by atoms with Gasteiger partial charge in [0.15, 0.2) is 0 Å². The van der Waals surface area contributed by atoms with E-state index in [1.807, 2.05) is 6.08 Å². The molecule has 42 heavy (non-hydrogen) atoms. The molecule has 3 N–H and O–H groups in total. The fourth-order valence-electron chi connectivity index (χ4n) is 5.82. The first-order valence-corrected chi connectivity index (χ1v) is 18.9. The normalized spacial score (nSPS) is 13.1. The summed E-state index contributed by atoms with van der Waals surface area (Å²) in [6.45, 7) is 4.32. The Hall–Kier alpha value is -0.870. The first-order chi connectivity index (χ1) is 20.7. The van der Waals surface area contributed by atoms with Crippen molar-refractivity contribution in [1.82, 2.24) is 5.32 Å². The van der Waals surface area contributed by atoms with E-state index < -0.39 is 12.1 Å². The largest absolute Gasteiger partial charge is 0.394 e. The minimum atomic E-state index is -0.738. The summed E-state index contributed by atoms with van der Waals surface area (Å²) in [6.07, 6.45) is 41.4. The summed E-state index contributed by atoms with van der Waals surface area (Å²) in [5, 5.41) is 22.9. The molecule has 0 aliphatic heterocycles. The number of allylic oxidation sites excluding steroid dienone is 1. The Labute approximate surface area is 263 Å². The zero-order valence-corrected chi connectivity index (χ0v) is 28.5. The maximum Gasteiger partial charge on any atom is 0.220 e. The number of aliphatic hydroxyl groups is 2. The van der Waals surface area contributed by atoms with E-state index >= 15 is 0 Å². The molecule has 0 aromatic heterocycles. The Morgan fingerprint density at radius 1 is 0.548 bits per heavy atom. The van der Waals surface area contributed by atoms with Gasteiger partial charge < -0.3 is 15.5 Å². The molecule has 0 saturated heterocycles. The maximum absolute atomic E-state index is 12.3. The second-order valence-electron chi connectivity index (χ2n) is 13.0. The molecule has 0 aliphatic rings. The van der Waals surface area contributed by atoms with Gasteiger partial charge in [-0.1, -0.05) is 187 Å². The van der Waals surface area contributed by atoms with Crippen molar-refractivity contribution in [2.24, 2.45) is 0 Å².